The Bertz CT molecular complexity index is 37.0. The van der Waals surface area contributed by atoms with Gasteiger partial charge >= 0.3 is 40.6 Å². The summed E-state index contributed by atoms with van der Waals surface area (Å²) in [5.41, 5.74) is 0. The van der Waals surface area contributed by atoms with Crippen LogP contribution in [0, 0.1) is 0 Å². The van der Waals surface area contributed by atoms with Crippen LogP contribution in [-0.4, -0.2) is 5.97 Å². The molecule has 6 heteroatoms. The Morgan fingerprint density at radius 2 is 1.38 bits per heavy atom. The van der Waals surface area contributed by atoms with E-state index in [1.165, 1.54) is 0 Å². The largest absolute Gasteiger partial charge is 4.00 e. The van der Waals surface area contributed by atoms with Crippen LogP contribution >= 0.6 is 0 Å². The number of hydrogen-bond acceptors (Lipinski definition) is 2. The summed E-state index contributed by atoms with van der Waals surface area (Å²) >= 11 is 0. The van der Waals surface area contributed by atoms with Crippen molar-refractivity contribution in [2.24, 2.45) is 0 Å². The molecule has 0 aromatic heterocycles. The summed E-state index contributed by atoms with van der Waals surface area (Å²) < 4.78 is 0. The van der Waals surface area contributed by atoms with E-state index < -0.39 is 5.97 Å². The first kappa shape index (κ1) is 37.7. The topological polar surface area (TPSA) is 97.1 Å². The summed E-state index contributed by atoms with van der Waals surface area (Å²) in [6, 6.07) is 0. The van der Waals surface area contributed by atoms with Gasteiger partial charge in [-0.25, -0.2) is 0 Å². The van der Waals surface area contributed by atoms with Crippen molar-refractivity contribution < 1.29 is 61.4 Å². The van der Waals surface area contributed by atoms with Gasteiger partial charge in [0.2, 0.25) is 0 Å². The maximum Gasteiger partial charge on any atom is 4.00 e. The molecule has 0 amide bonds. The molecule has 0 radical (unpaired) electrons. The Morgan fingerprint density at radius 3 is 1.38 bits per heavy atom. The molecule has 0 saturated heterocycles. The molecule has 0 rings (SSSR count). The molecular formula is C2H3LiO4Ti. The minimum Gasteiger partial charge on any atom is -2.00 e. The van der Waals surface area contributed by atoms with Crippen LogP contribution in [0.1, 0.15) is 6.92 Å². The van der Waals surface area contributed by atoms with Crippen LogP contribution in [0.15, 0.2) is 0 Å². The van der Waals surface area contributed by atoms with Crippen LogP contribution in [0.4, 0.5) is 0 Å². The van der Waals surface area contributed by atoms with Crippen molar-refractivity contribution in [1.29, 1.82) is 0 Å². The van der Waals surface area contributed by atoms with Gasteiger partial charge in [-0.3, -0.25) is 0 Å². The molecule has 0 aliphatic rings. The average Bonchev–Trinajstić information content (AvgIpc) is 0.811. The van der Waals surface area contributed by atoms with Crippen molar-refractivity contribution in [3.63, 3.8) is 0 Å². The van der Waals surface area contributed by atoms with E-state index >= 15 is 0 Å². The van der Waals surface area contributed by atoms with Gasteiger partial charge in [-0.2, -0.15) is 0 Å². The van der Waals surface area contributed by atoms with Gasteiger partial charge in [-0.1, -0.05) is 0 Å². The molecule has 0 N–H and O–H groups in total. The molecule has 0 unspecified atom stereocenters. The Balaban J connectivity index is -0.00000000750. The fraction of sp³-hybridized carbons (Fsp3) is 0.500. The van der Waals surface area contributed by atoms with Crippen molar-refractivity contribution in [2.45, 2.75) is 6.92 Å². The van der Waals surface area contributed by atoms with Gasteiger partial charge in [0.1, 0.15) is 0 Å². The van der Waals surface area contributed by atoms with Crippen LogP contribution < -0.4 is 24.0 Å². The van der Waals surface area contributed by atoms with Crippen molar-refractivity contribution >= 4 is 5.97 Å². The molecule has 0 fully saturated rings. The van der Waals surface area contributed by atoms with E-state index in [1.807, 2.05) is 0 Å². The summed E-state index contributed by atoms with van der Waals surface area (Å²) in [6.45, 7) is 0.972. The Hall–Kier alpha value is 0.702. The van der Waals surface area contributed by atoms with Gasteiger partial charge in [0.15, 0.2) is 0 Å². The second-order valence-corrected chi connectivity index (χ2v) is 0.492. The maximum absolute atomic E-state index is 8.89. The smallest absolute Gasteiger partial charge is 2.00 e. The number of carboxylic acids is 1. The first-order valence-electron chi connectivity index (χ1n) is 0.908. The Kier molecular flexibility index (Phi) is 119. The maximum atomic E-state index is 8.89. The molecule has 0 aliphatic carbocycles. The minimum absolute atomic E-state index is 0. The summed E-state index contributed by atoms with van der Waals surface area (Å²) in [5.74, 6) is -1.08. The van der Waals surface area contributed by atoms with Gasteiger partial charge in [0.25, 0.3) is 0 Å². The van der Waals surface area contributed by atoms with E-state index in [4.69, 9.17) is 9.90 Å². The van der Waals surface area contributed by atoms with E-state index in [-0.39, 0.29) is 51.5 Å². The van der Waals surface area contributed by atoms with E-state index in [1.54, 1.807) is 0 Å². The molecule has 40 valence electrons. The quantitative estimate of drug-likeness (QED) is 0.322. The standard InChI is InChI=1S/C2H4O2.Li.2O.Ti/c1-2(3)4;;;;/h1H3,(H,3,4);;;;/q;+1;2*-2;+4/p-1. The zero-order valence-corrected chi connectivity index (χ0v) is 6.19. The van der Waals surface area contributed by atoms with E-state index in [9.17, 15) is 0 Å². The SMILES string of the molecule is CC(=O)[O-].[Li+].[O-2].[O-2].[Ti+4]. The van der Waals surface area contributed by atoms with Crippen molar-refractivity contribution in [2.75, 3.05) is 0 Å². The summed E-state index contributed by atoms with van der Waals surface area (Å²) in [5, 5.41) is 8.89. The molecular weight excluding hydrogens is 143 g/mol. The number of hydrogen-bond donors (Lipinski definition) is 0. The van der Waals surface area contributed by atoms with Gasteiger partial charge in [0, 0.05) is 5.97 Å². The first-order chi connectivity index (χ1) is 1.73. The van der Waals surface area contributed by atoms with Crippen molar-refractivity contribution in [1.82, 2.24) is 0 Å². The molecule has 0 spiro atoms. The van der Waals surface area contributed by atoms with Gasteiger partial charge in [-0.05, 0) is 6.92 Å². The number of aliphatic carboxylic acids is 1. The number of carbonyl (C=O) groups excluding carboxylic acids is 1. The molecule has 0 heterocycles. The van der Waals surface area contributed by atoms with Gasteiger partial charge in [-0.15, -0.1) is 0 Å². The molecule has 0 aromatic rings. The van der Waals surface area contributed by atoms with Gasteiger partial charge < -0.3 is 20.9 Å². The first-order valence-corrected chi connectivity index (χ1v) is 0.908. The zero-order chi connectivity index (χ0) is 3.58. The summed E-state index contributed by atoms with van der Waals surface area (Å²) in [6.07, 6.45) is 0. The van der Waals surface area contributed by atoms with Crippen LogP contribution in [0.25, 0.3) is 0 Å². The third-order valence-electron chi connectivity index (χ3n) is 0. The fourth-order valence-corrected chi connectivity index (χ4v) is 0. The van der Waals surface area contributed by atoms with Crippen molar-refractivity contribution in [3.05, 3.63) is 0 Å². The molecule has 0 aromatic carbocycles. The molecule has 0 saturated carbocycles. The van der Waals surface area contributed by atoms with Crippen LogP contribution in [0.3, 0.4) is 0 Å². The second kappa shape index (κ2) is 25.2. The third kappa shape index (κ3) is 442. The Labute approximate surface area is 74.3 Å². The average molecular weight is 146 g/mol. The van der Waals surface area contributed by atoms with Crippen molar-refractivity contribution in [3.8, 4) is 0 Å². The van der Waals surface area contributed by atoms with E-state index in [0.717, 1.165) is 6.92 Å². The van der Waals surface area contributed by atoms with E-state index in [0.29, 0.717) is 0 Å². The van der Waals surface area contributed by atoms with E-state index in [2.05, 4.69) is 0 Å². The molecule has 0 aliphatic heterocycles. The van der Waals surface area contributed by atoms with Crippen LogP contribution in [-0.2, 0) is 37.5 Å². The van der Waals surface area contributed by atoms with Crippen LogP contribution in [0.5, 0.6) is 0 Å². The fourth-order valence-electron chi connectivity index (χ4n) is 0. The third-order valence-corrected chi connectivity index (χ3v) is 0. The summed E-state index contributed by atoms with van der Waals surface area (Å²) in [7, 11) is 0. The van der Waals surface area contributed by atoms with Gasteiger partial charge in [0.05, 0.1) is 0 Å². The second-order valence-electron chi connectivity index (χ2n) is 0.492. The zero-order valence-electron chi connectivity index (χ0n) is 4.63. The molecule has 4 nitrogen and oxygen atoms in total. The minimum atomic E-state index is -1.08. The normalized spacial score (nSPS) is 3.12. The summed E-state index contributed by atoms with van der Waals surface area (Å²) in [4.78, 5) is 8.89. The predicted octanol–water partition coefficient (Wildman–Crippen LogP) is -4.48. The number of rotatable bonds is 0. The molecule has 8 heavy (non-hydrogen) atoms. The monoisotopic (exact) mass is 146 g/mol. The number of carbonyl (C=O) groups is 1. The number of carboxylic acid groups (broad SMARTS) is 1. The molecule has 0 atom stereocenters. The van der Waals surface area contributed by atoms with Crippen LogP contribution in [0.2, 0.25) is 0 Å². The molecule has 0 bridgehead atoms. The predicted molar refractivity (Wildman–Crippen MR) is 12.1 cm³/mol. The Morgan fingerprint density at radius 1 is 1.38 bits per heavy atom.